The van der Waals surface area contributed by atoms with Crippen LogP contribution in [-0.2, 0) is 4.79 Å². The van der Waals surface area contributed by atoms with Crippen LogP contribution in [0.1, 0.15) is 62.7 Å². The first-order valence-corrected chi connectivity index (χ1v) is 9.71. The fraction of sp³-hybridized carbons (Fsp3) is 0.619. The van der Waals surface area contributed by atoms with Crippen molar-refractivity contribution in [1.29, 1.82) is 0 Å². The van der Waals surface area contributed by atoms with Crippen molar-refractivity contribution in [3.05, 3.63) is 35.9 Å². The largest absolute Gasteiger partial charge is 0.481 e. The Morgan fingerprint density at radius 1 is 0.893 bits per heavy atom. The van der Waals surface area contributed by atoms with Gasteiger partial charge in [0.1, 0.15) is 0 Å². The number of hydrogen-bond acceptors (Lipinski definition) is 5. The van der Waals surface area contributed by atoms with Gasteiger partial charge in [-0.3, -0.25) is 4.79 Å². The van der Waals surface area contributed by atoms with E-state index in [1.165, 1.54) is 0 Å². The molecule has 1 rings (SSSR count). The van der Waals surface area contributed by atoms with Gasteiger partial charge in [-0.15, -0.1) is 0 Å². The standard InChI is InChI=1S/C8H16O2.C7H6O2.C6H14O3/c1-3-5-6-7(4-2)8(9)10;8-7(9)6-4-2-1-3-5-6;7-3-1-2-6(4-8)5-9/h7H,3-6H2,1-2H3,(H,9,10);1-5H,(H,8,9);6-9H,1-5H2. The van der Waals surface area contributed by atoms with Crippen molar-refractivity contribution in [3.63, 3.8) is 0 Å². The summed E-state index contributed by atoms with van der Waals surface area (Å²) < 4.78 is 0. The van der Waals surface area contributed by atoms with Crippen LogP contribution in [0.5, 0.6) is 0 Å². The Balaban J connectivity index is 0. The van der Waals surface area contributed by atoms with E-state index in [0.29, 0.717) is 18.4 Å². The summed E-state index contributed by atoms with van der Waals surface area (Å²) in [5, 5.41) is 42.3. The number of aromatic carboxylic acids is 1. The van der Waals surface area contributed by atoms with Gasteiger partial charge in [-0.2, -0.15) is 0 Å². The fourth-order valence-corrected chi connectivity index (χ4v) is 2.15. The second kappa shape index (κ2) is 19.8. The Morgan fingerprint density at radius 3 is 1.79 bits per heavy atom. The highest BCUT2D eigenvalue weighted by atomic mass is 16.4. The zero-order valence-corrected chi connectivity index (χ0v) is 17.0. The molecule has 0 saturated heterocycles. The maximum Gasteiger partial charge on any atom is 0.335 e. The Morgan fingerprint density at radius 2 is 1.46 bits per heavy atom. The molecule has 1 aromatic carbocycles. The Labute approximate surface area is 167 Å². The highest BCUT2D eigenvalue weighted by Crippen LogP contribution is 2.11. The lowest BCUT2D eigenvalue weighted by Gasteiger charge is -2.07. The van der Waals surface area contributed by atoms with E-state index in [0.717, 1.165) is 25.7 Å². The molecule has 0 aliphatic heterocycles. The molecular formula is C21H36O7. The van der Waals surface area contributed by atoms with Gasteiger partial charge in [-0.25, -0.2) is 4.79 Å². The van der Waals surface area contributed by atoms with E-state index in [-0.39, 0.29) is 31.7 Å². The average Bonchev–Trinajstić information content (AvgIpc) is 2.71. The zero-order chi connectivity index (χ0) is 21.8. The number of carbonyl (C=O) groups is 2. The van der Waals surface area contributed by atoms with Gasteiger partial charge in [0.15, 0.2) is 0 Å². The minimum atomic E-state index is -0.879. The van der Waals surface area contributed by atoms with Crippen molar-refractivity contribution in [2.24, 2.45) is 11.8 Å². The number of carboxylic acids is 2. The van der Waals surface area contributed by atoms with Crippen LogP contribution in [0.3, 0.4) is 0 Å². The summed E-state index contributed by atoms with van der Waals surface area (Å²) in [7, 11) is 0. The monoisotopic (exact) mass is 400 g/mol. The van der Waals surface area contributed by atoms with Gasteiger partial charge in [-0.1, -0.05) is 44.9 Å². The lowest BCUT2D eigenvalue weighted by atomic mass is 10.00. The molecule has 0 heterocycles. The first kappa shape index (κ1) is 28.3. The zero-order valence-electron chi connectivity index (χ0n) is 17.0. The molecule has 0 saturated carbocycles. The Kier molecular flexibility index (Phi) is 20.0. The van der Waals surface area contributed by atoms with E-state index >= 15 is 0 Å². The van der Waals surface area contributed by atoms with Gasteiger partial charge in [0.05, 0.1) is 11.5 Å². The third kappa shape index (κ3) is 16.2. The minimum absolute atomic E-state index is 0.0104. The van der Waals surface area contributed by atoms with E-state index in [1.807, 2.05) is 6.92 Å². The van der Waals surface area contributed by atoms with E-state index < -0.39 is 11.9 Å². The molecule has 7 nitrogen and oxygen atoms in total. The Bertz CT molecular complexity index is 487. The van der Waals surface area contributed by atoms with E-state index in [1.54, 1.807) is 30.3 Å². The summed E-state index contributed by atoms with van der Waals surface area (Å²) in [5.41, 5.74) is 0.331. The van der Waals surface area contributed by atoms with Crippen molar-refractivity contribution >= 4 is 11.9 Å². The second-order valence-corrected chi connectivity index (χ2v) is 6.35. The summed E-state index contributed by atoms with van der Waals surface area (Å²) in [6.07, 6.45) is 5.07. The first-order valence-electron chi connectivity index (χ1n) is 9.71. The number of hydrogen-bond donors (Lipinski definition) is 5. The highest BCUT2D eigenvalue weighted by molar-refractivity contribution is 5.87. The molecule has 0 fully saturated rings. The second-order valence-electron chi connectivity index (χ2n) is 6.35. The molecule has 0 aromatic heterocycles. The average molecular weight is 401 g/mol. The van der Waals surface area contributed by atoms with Gasteiger partial charge >= 0.3 is 11.9 Å². The lowest BCUT2D eigenvalue weighted by molar-refractivity contribution is -0.142. The molecule has 162 valence electrons. The summed E-state index contributed by atoms with van der Waals surface area (Å²) in [4.78, 5) is 20.6. The molecule has 0 radical (unpaired) electrons. The molecule has 7 heteroatoms. The third-order valence-electron chi connectivity index (χ3n) is 4.06. The van der Waals surface area contributed by atoms with E-state index in [2.05, 4.69) is 6.92 Å². The molecule has 1 unspecified atom stereocenters. The molecule has 0 amide bonds. The van der Waals surface area contributed by atoms with Gasteiger partial charge < -0.3 is 25.5 Å². The SMILES string of the molecule is CCCCC(CC)C(=O)O.O=C(O)c1ccccc1.OCCCC(CO)CO. The van der Waals surface area contributed by atoms with Crippen LogP contribution in [0.15, 0.2) is 30.3 Å². The van der Waals surface area contributed by atoms with Crippen LogP contribution >= 0.6 is 0 Å². The van der Waals surface area contributed by atoms with Crippen LogP contribution in [0, 0.1) is 11.8 Å². The van der Waals surface area contributed by atoms with Gasteiger partial charge in [-0.05, 0) is 37.8 Å². The predicted octanol–water partition coefficient (Wildman–Crippen LogP) is 3.03. The van der Waals surface area contributed by atoms with Gasteiger partial charge in [0.25, 0.3) is 0 Å². The van der Waals surface area contributed by atoms with Crippen molar-refractivity contribution in [1.82, 2.24) is 0 Å². The molecule has 1 atom stereocenters. The molecule has 28 heavy (non-hydrogen) atoms. The number of unbranched alkanes of at least 4 members (excludes halogenated alkanes) is 1. The smallest absolute Gasteiger partial charge is 0.335 e. The number of aliphatic carboxylic acids is 1. The molecule has 0 spiro atoms. The first-order chi connectivity index (χ1) is 13.4. The van der Waals surface area contributed by atoms with Gasteiger partial charge in [0.2, 0.25) is 0 Å². The lowest BCUT2D eigenvalue weighted by Crippen LogP contribution is -2.11. The quantitative estimate of drug-likeness (QED) is 0.385. The molecular weight excluding hydrogens is 364 g/mol. The summed E-state index contributed by atoms with van der Waals surface area (Å²) in [6.45, 7) is 4.16. The molecule has 0 bridgehead atoms. The maximum atomic E-state index is 10.4. The predicted molar refractivity (Wildman–Crippen MR) is 108 cm³/mol. The Hall–Kier alpha value is -1.96. The number of aliphatic hydroxyl groups excluding tert-OH is 3. The van der Waals surface area contributed by atoms with Crippen LogP contribution in [0.25, 0.3) is 0 Å². The molecule has 1 aromatic rings. The van der Waals surface area contributed by atoms with Crippen molar-refractivity contribution < 1.29 is 35.1 Å². The molecule has 0 aliphatic rings. The normalized spacial score (nSPS) is 10.9. The van der Waals surface area contributed by atoms with E-state index in [9.17, 15) is 9.59 Å². The third-order valence-corrected chi connectivity index (χ3v) is 4.06. The minimum Gasteiger partial charge on any atom is -0.481 e. The molecule has 0 aliphatic carbocycles. The number of aliphatic hydroxyl groups is 3. The molecule has 5 N–H and O–H groups in total. The van der Waals surface area contributed by atoms with E-state index in [4.69, 9.17) is 25.5 Å². The van der Waals surface area contributed by atoms with Crippen molar-refractivity contribution in [3.8, 4) is 0 Å². The number of carboxylic acid groups (broad SMARTS) is 2. The van der Waals surface area contributed by atoms with Crippen LogP contribution in [-0.4, -0.2) is 57.3 Å². The number of benzene rings is 1. The van der Waals surface area contributed by atoms with Crippen LogP contribution in [0.4, 0.5) is 0 Å². The summed E-state index contributed by atoms with van der Waals surface area (Å²) >= 11 is 0. The summed E-state index contributed by atoms with van der Waals surface area (Å²) in [5.74, 6) is -1.68. The number of rotatable bonds is 11. The van der Waals surface area contributed by atoms with Crippen molar-refractivity contribution in [2.45, 2.75) is 52.4 Å². The van der Waals surface area contributed by atoms with Crippen LogP contribution in [0.2, 0.25) is 0 Å². The highest BCUT2D eigenvalue weighted by Gasteiger charge is 2.12. The maximum absolute atomic E-state index is 10.4. The van der Waals surface area contributed by atoms with Crippen LogP contribution < -0.4 is 0 Å². The summed E-state index contributed by atoms with van der Waals surface area (Å²) in [6, 6.07) is 8.30. The van der Waals surface area contributed by atoms with Crippen molar-refractivity contribution in [2.75, 3.05) is 19.8 Å². The topological polar surface area (TPSA) is 135 Å². The fourth-order valence-electron chi connectivity index (χ4n) is 2.15. The van der Waals surface area contributed by atoms with Gasteiger partial charge in [0, 0.05) is 25.7 Å².